The summed E-state index contributed by atoms with van der Waals surface area (Å²) in [5.41, 5.74) is 1.13. The molecule has 4 aliphatic heterocycles. The second-order valence-corrected chi connectivity index (χ2v) is 14.0. The summed E-state index contributed by atoms with van der Waals surface area (Å²) in [6, 6.07) is 0. The number of carbonyl (C=O) groups is 1. The molecule has 5 aliphatic rings. The molecule has 0 amide bonds. The standard InChI is InChI=1S/C35H50O9/c1-19(2)12-22(5)31-23(6)29(37)17-34(44-31)16-27-15-26(43-34)11-10-20(3)13-25(36)9-7-8-24-18-41-32-30(38)21(4)14-28(33(39)42-27)35(24,32)40/h7-10,12,14,19,23,25-32,36-38,40H,11,13,15-18H2,1-6H3. The van der Waals surface area contributed by atoms with Crippen molar-refractivity contribution in [2.45, 2.75) is 128 Å². The molecule has 11 atom stereocenters. The normalized spacial score (nSPS) is 43.7. The summed E-state index contributed by atoms with van der Waals surface area (Å²) in [6.07, 6.45) is 7.55. The minimum atomic E-state index is -1.82. The molecule has 1 aliphatic carbocycles. The van der Waals surface area contributed by atoms with E-state index in [1.165, 1.54) is 0 Å². The zero-order valence-corrected chi connectivity index (χ0v) is 26.8. The lowest BCUT2D eigenvalue weighted by Gasteiger charge is -2.51. The summed E-state index contributed by atoms with van der Waals surface area (Å²) in [4.78, 5) is 14.0. The van der Waals surface area contributed by atoms with Gasteiger partial charge in [0.05, 0.1) is 31.0 Å². The maximum Gasteiger partial charge on any atom is 0.316 e. The van der Waals surface area contributed by atoms with Gasteiger partial charge in [-0.3, -0.25) is 4.79 Å². The van der Waals surface area contributed by atoms with Crippen LogP contribution in [0.1, 0.15) is 73.6 Å². The Kier molecular flexibility index (Phi) is 9.79. The summed E-state index contributed by atoms with van der Waals surface area (Å²) >= 11 is 0. The maximum absolute atomic E-state index is 14.0. The molecule has 9 nitrogen and oxygen atoms in total. The lowest BCUT2D eigenvalue weighted by Crippen LogP contribution is -2.59. The molecule has 44 heavy (non-hydrogen) atoms. The van der Waals surface area contributed by atoms with E-state index in [0.29, 0.717) is 36.3 Å². The van der Waals surface area contributed by atoms with Gasteiger partial charge >= 0.3 is 5.97 Å². The molecule has 5 rings (SSSR count). The average molecular weight is 615 g/mol. The van der Waals surface area contributed by atoms with Crippen LogP contribution in [0, 0.1) is 17.8 Å². The predicted molar refractivity (Wildman–Crippen MR) is 164 cm³/mol. The first-order chi connectivity index (χ1) is 20.7. The van der Waals surface area contributed by atoms with Crippen LogP contribution in [0.5, 0.6) is 0 Å². The zero-order chi connectivity index (χ0) is 32.0. The van der Waals surface area contributed by atoms with Gasteiger partial charge in [0, 0.05) is 25.2 Å². The van der Waals surface area contributed by atoms with Crippen molar-refractivity contribution in [1.29, 1.82) is 0 Å². The minimum Gasteiger partial charge on any atom is -0.462 e. The Hall–Kier alpha value is -2.11. The van der Waals surface area contributed by atoms with Crippen molar-refractivity contribution in [2.75, 3.05) is 6.61 Å². The van der Waals surface area contributed by atoms with Gasteiger partial charge in [-0.05, 0) is 56.3 Å². The molecule has 3 saturated heterocycles. The van der Waals surface area contributed by atoms with Gasteiger partial charge in [0.2, 0.25) is 0 Å². The Morgan fingerprint density at radius 1 is 1.11 bits per heavy atom. The van der Waals surface area contributed by atoms with Crippen molar-refractivity contribution in [3.05, 3.63) is 58.7 Å². The number of hydrogen-bond acceptors (Lipinski definition) is 9. The van der Waals surface area contributed by atoms with Gasteiger partial charge in [0.25, 0.3) is 0 Å². The second-order valence-electron chi connectivity index (χ2n) is 14.0. The minimum absolute atomic E-state index is 0.0273. The van der Waals surface area contributed by atoms with Crippen molar-refractivity contribution in [2.24, 2.45) is 17.8 Å². The van der Waals surface area contributed by atoms with Gasteiger partial charge in [-0.1, -0.05) is 62.8 Å². The van der Waals surface area contributed by atoms with Crippen LogP contribution in [-0.2, 0) is 23.7 Å². The largest absolute Gasteiger partial charge is 0.462 e. The van der Waals surface area contributed by atoms with E-state index in [4.69, 9.17) is 18.9 Å². The van der Waals surface area contributed by atoms with Gasteiger partial charge in [-0.2, -0.15) is 0 Å². The van der Waals surface area contributed by atoms with Crippen molar-refractivity contribution >= 4 is 5.97 Å². The van der Waals surface area contributed by atoms with E-state index in [2.05, 4.69) is 19.9 Å². The number of esters is 1. The SMILES string of the molecule is CC1=CCC2CC(CC3(CC(O)C(C)C(C(C)=CC(C)C)O3)O2)OC(=O)C2C=C(C)C(O)C3OCC(=CC=CC(O)C1)C23O. The quantitative estimate of drug-likeness (QED) is 0.271. The first-order valence-electron chi connectivity index (χ1n) is 16.1. The molecule has 0 aromatic heterocycles. The molecule has 244 valence electrons. The van der Waals surface area contributed by atoms with Crippen LogP contribution in [0.4, 0.5) is 0 Å². The predicted octanol–water partition coefficient (Wildman–Crippen LogP) is 3.81. The molecule has 0 aromatic carbocycles. The molecular formula is C35H50O9. The number of rotatable bonds is 2. The van der Waals surface area contributed by atoms with E-state index in [1.807, 2.05) is 26.8 Å². The molecule has 2 bridgehead atoms. The first kappa shape index (κ1) is 33.3. The number of allylic oxidation sites excluding steroid dienone is 3. The molecule has 4 N–H and O–H groups in total. The molecule has 9 heteroatoms. The maximum atomic E-state index is 14.0. The Labute approximate surface area is 260 Å². The fraction of sp³-hybridized carbons (Fsp3) is 0.686. The highest BCUT2D eigenvalue weighted by atomic mass is 16.7. The van der Waals surface area contributed by atoms with Crippen molar-refractivity contribution < 1.29 is 44.2 Å². The first-order valence-corrected chi connectivity index (χ1v) is 16.1. The van der Waals surface area contributed by atoms with Crippen LogP contribution in [0.25, 0.3) is 0 Å². The number of carbonyl (C=O) groups excluding carboxylic acids is 1. The topological polar surface area (TPSA) is 135 Å². The number of ether oxygens (including phenoxy) is 4. The van der Waals surface area contributed by atoms with Gasteiger partial charge in [0.1, 0.15) is 29.8 Å². The number of fused-ring (bicyclic) bond motifs is 2. The van der Waals surface area contributed by atoms with Gasteiger partial charge in [0.15, 0.2) is 5.79 Å². The molecule has 11 unspecified atom stereocenters. The Balaban J connectivity index is 1.52. The van der Waals surface area contributed by atoms with Crippen LogP contribution in [0.3, 0.4) is 0 Å². The van der Waals surface area contributed by atoms with Crippen molar-refractivity contribution in [1.82, 2.24) is 0 Å². The number of aliphatic hydroxyl groups excluding tert-OH is 3. The van der Waals surface area contributed by atoms with E-state index in [9.17, 15) is 25.2 Å². The zero-order valence-electron chi connectivity index (χ0n) is 26.8. The molecule has 0 aromatic rings. The Morgan fingerprint density at radius 2 is 1.86 bits per heavy atom. The third kappa shape index (κ3) is 6.56. The molecule has 4 heterocycles. The van der Waals surface area contributed by atoms with Crippen LogP contribution in [0.2, 0.25) is 0 Å². The summed E-state index contributed by atoms with van der Waals surface area (Å²) in [7, 11) is 0. The van der Waals surface area contributed by atoms with Crippen molar-refractivity contribution in [3.63, 3.8) is 0 Å². The third-order valence-electron chi connectivity index (χ3n) is 9.89. The van der Waals surface area contributed by atoms with Crippen LogP contribution >= 0.6 is 0 Å². The Bertz CT molecular complexity index is 1250. The number of aliphatic hydroxyl groups is 4. The fourth-order valence-corrected chi connectivity index (χ4v) is 7.61. The van der Waals surface area contributed by atoms with Crippen LogP contribution < -0.4 is 0 Å². The van der Waals surface area contributed by atoms with Crippen molar-refractivity contribution in [3.8, 4) is 0 Å². The summed E-state index contributed by atoms with van der Waals surface area (Å²) in [5, 5.41) is 44.9. The molecule has 0 saturated carbocycles. The highest BCUT2D eigenvalue weighted by Gasteiger charge is 2.60. The second kappa shape index (κ2) is 12.9. The average Bonchev–Trinajstić information content (AvgIpc) is 3.27. The monoisotopic (exact) mass is 614 g/mol. The van der Waals surface area contributed by atoms with E-state index < -0.39 is 53.8 Å². The van der Waals surface area contributed by atoms with Crippen LogP contribution in [-0.4, -0.2) is 87.1 Å². The molecule has 1 spiro atoms. The lowest BCUT2D eigenvalue weighted by molar-refractivity contribution is -0.342. The third-order valence-corrected chi connectivity index (χ3v) is 9.89. The summed E-state index contributed by atoms with van der Waals surface area (Å²) < 4.78 is 25.5. The summed E-state index contributed by atoms with van der Waals surface area (Å²) in [5.74, 6) is -2.76. The Morgan fingerprint density at radius 3 is 2.59 bits per heavy atom. The fourth-order valence-electron chi connectivity index (χ4n) is 7.61. The van der Waals surface area contributed by atoms with E-state index in [-0.39, 0.29) is 37.6 Å². The smallest absolute Gasteiger partial charge is 0.316 e. The van der Waals surface area contributed by atoms with Crippen LogP contribution in [0.15, 0.2) is 58.7 Å². The highest BCUT2D eigenvalue weighted by Crippen LogP contribution is 2.47. The van der Waals surface area contributed by atoms with Gasteiger partial charge in [-0.25, -0.2) is 0 Å². The van der Waals surface area contributed by atoms with E-state index in [0.717, 1.165) is 11.1 Å². The molecule has 0 radical (unpaired) electrons. The molecule has 3 fully saturated rings. The highest BCUT2D eigenvalue weighted by molar-refractivity contribution is 5.78. The summed E-state index contributed by atoms with van der Waals surface area (Å²) in [6.45, 7) is 11.9. The van der Waals surface area contributed by atoms with E-state index in [1.54, 1.807) is 31.2 Å². The van der Waals surface area contributed by atoms with E-state index >= 15 is 0 Å². The van der Waals surface area contributed by atoms with Gasteiger partial charge < -0.3 is 39.4 Å². The lowest BCUT2D eigenvalue weighted by atomic mass is 9.71. The number of hydrogen-bond donors (Lipinski definition) is 4. The van der Waals surface area contributed by atoms with Gasteiger partial charge in [-0.15, -0.1) is 0 Å². The molecular weight excluding hydrogens is 564 g/mol.